The number of nitrogens with zero attached hydrogens (tertiary/aromatic N) is 1. The normalized spacial score (nSPS) is 24.1. The van der Waals surface area contributed by atoms with Crippen molar-refractivity contribution in [1.29, 1.82) is 0 Å². The van der Waals surface area contributed by atoms with Crippen molar-refractivity contribution in [2.75, 3.05) is 6.54 Å². The summed E-state index contributed by atoms with van der Waals surface area (Å²) in [6, 6.07) is 0. The van der Waals surface area contributed by atoms with Crippen molar-refractivity contribution >= 4 is 0 Å². The van der Waals surface area contributed by atoms with E-state index in [2.05, 4.69) is 17.0 Å². The predicted octanol–water partition coefficient (Wildman–Crippen LogP) is 2.65. The molecule has 0 saturated heterocycles. The first-order valence-electron chi connectivity index (χ1n) is 3.91. The van der Waals surface area contributed by atoms with E-state index in [0.29, 0.717) is 0 Å². The van der Waals surface area contributed by atoms with Crippen molar-refractivity contribution < 1.29 is 0 Å². The Kier molecular flexibility index (Phi) is 3.02. The first-order chi connectivity index (χ1) is 4.93. The highest BCUT2D eigenvalue weighted by molar-refractivity contribution is 4.90. The number of rotatable bonds is 2. The van der Waals surface area contributed by atoms with Gasteiger partial charge in [0.25, 0.3) is 0 Å². The SMILES string of the molecule is [C-]#[N+]CCC1CC=CCC1. The van der Waals surface area contributed by atoms with Crippen LogP contribution in [0, 0.1) is 12.5 Å². The molecule has 0 fully saturated rings. The molecule has 54 valence electrons. The molecular weight excluding hydrogens is 122 g/mol. The molecule has 0 aromatic carbocycles. The molecule has 1 aliphatic rings. The van der Waals surface area contributed by atoms with Gasteiger partial charge in [-0.25, -0.2) is 6.57 Å². The second kappa shape index (κ2) is 4.11. The van der Waals surface area contributed by atoms with Gasteiger partial charge in [0.15, 0.2) is 0 Å². The second-order valence-corrected chi connectivity index (χ2v) is 2.82. The van der Waals surface area contributed by atoms with Crippen LogP contribution in [-0.2, 0) is 0 Å². The molecule has 1 aliphatic carbocycles. The Morgan fingerprint density at radius 2 is 2.40 bits per heavy atom. The molecule has 0 amide bonds. The number of allylic oxidation sites excluding steroid dienone is 2. The van der Waals surface area contributed by atoms with Crippen LogP contribution in [-0.4, -0.2) is 6.54 Å². The summed E-state index contributed by atoms with van der Waals surface area (Å²) in [4.78, 5) is 3.36. The Hall–Kier alpha value is -0.770. The molecule has 10 heavy (non-hydrogen) atoms. The minimum absolute atomic E-state index is 0.721. The van der Waals surface area contributed by atoms with Gasteiger partial charge in [-0.15, -0.1) is 0 Å². The molecule has 1 heteroatoms. The van der Waals surface area contributed by atoms with E-state index in [1.165, 1.54) is 19.3 Å². The van der Waals surface area contributed by atoms with Gasteiger partial charge in [-0.05, 0) is 25.2 Å². The van der Waals surface area contributed by atoms with Gasteiger partial charge in [0.2, 0.25) is 6.54 Å². The molecule has 0 radical (unpaired) electrons. The molecule has 1 unspecified atom stereocenters. The highest BCUT2D eigenvalue weighted by Gasteiger charge is 2.09. The van der Waals surface area contributed by atoms with E-state index in [9.17, 15) is 0 Å². The lowest BCUT2D eigenvalue weighted by Crippen LogP contribution is -2.03. The highest BCUT2D eigenvalue weighted by Crippen LogP contribution is 2.20. The standard InChI is InChI=1S/C9H13N/c1-10-8-7-9-5-3-2-4-6-9/h2-3,9H,4-8H2. The summed E-state index contributed by atoms with van der Waals surface area (Å²) in [5, 5.41) is 0. The van der Waals surface area contributed by atoms with Crippen molar-refractivity contribution in [3.05, 3.63) is 23.6 Å². The predicted molar refractivity (Wildman–Crippen MR) is 42.6 cm³/mol. The number of hydrogen-bond acceptors (Lipinski definition) is 0. The summed E-state index contributed by atoms with van der Waals surface area (Å²) >= 11 is 0. The van der Waals surface area contributed by atoms with Crippen LogP contribution < -0.4 is 0 Å². The Morgan fingerprint density at radius 3 is 3.00 bits per heavy atom. The monoisotopic (exact) mass is 135 g/mol. The fourth-order valence-electron chi connectivity index (χ4n) is 1.37. The molecule has 1 atom stereocenters. The number of hydrogen-bond donors (Lipinski definition) is 0. The van der Waals surface area contributed by atoms with Crippen LogP contribution in [0.2, 0.25) is 0 Å². The van der Waals surface area contributed by atoms with Gasteiger partial charge in [-0.3, -0.25) is 0 Å². The molecule has 0 aromatic rings. The summed E-state index contributed by atoms with van der Waals surface area (Å²) in [5.74, 6) is 0.805. The molecule has 1 rings (SSSR count). The molecule has 0 N–H and O–H groups in total. The topological polar surface area (TPSA) is 4.36 Å². The third-order valence-electron chi connectivity index (χ3n) is 2.03. The van der Waals surface area contributed by atoms with E-state index in [-0.39, 0.29) is 0 Å². The van der Waals surface area contributed by atoms with Crippen LogP contribution in [0.1, 0.15) is 25.7 Å². The lowest BCUT2D eigenvalue weighted by atomic mass is 9.92. The molecule has 1 nitrogen and oxygen atoms in total. The summed E-state index contributed by atoms with van der Waals surface area (Å²) in [6.07, 6.45) is 9.32. The fourth-order valence-corrected chi connectivity index (χ4v) is 1.37. The van der Waals surface area contributed by atoms with E-state index < -0.39 is 0 Å². The van der Waals surface area contributed by atoms with Crippen molar-refractivity contribution in [3.8, 4) is 0 Å². The van der Waals surface area contributed by atoms with Crippen molar-refractivity contribution in [2.45, 2.75) is 25.7 Å². The molecule has 0 spiro atoms. The van der Waals surface area contributed by atoms with Gasteiger partial charge >= 0.3 is 0 Å². The Bertz CT molecular complexity index is 153. The fraction of sp³-hybridized carbons (Fsp3) is 0.667. The van der Waals surface area contributed by atoms with Crippen LogP contribution in [0.5, 0.6) is 0 Å². The first-order valence-corrected chi connectivity index (χ1v) is 3.91. The van der Waals surface area contributed by atoms with E-state index >= 15 is 0 Å². The minimum Gasteiger partial charge on any atom is -0.317 e. The van der Waals surface area contributed by atoms with Crippen LogP contribution in [0.4, 0.5) is 0 Å². The quantitative estimate of drug-likeness (QED) is 0.405. The average molecular weight is 135 g/mol. The van der Waals surface area contributed by atoms with Gasteiger partial charge in [0.1, 0.15) is 0 Å². The van der Waals surface area contributed by atoms with E-state index in [1.54, 1.807) is 0 Å². The van der Waals surface area contributed by atoms with Gasteiger partial charge in [-0.1, -0.05) is 12.2 Å². The molecule has 0 bridgehead atoms. The largest absolute Gasteiger partial charge is 0.317 e. The molecule has 0 saturated carbocycles. The summed E-state index contributed by atoms with van der Waals surface area (Å²) in [6.45, 7) is 7.35. The van der Waals surface area contributed by atoms with Crippen LogP contribution in [0.3, 0.4) is 0 Å². The van der Waals surface area contributed by atoms with E-state index in [1.807, 2.05) is 0 Å². The van der Waals surface area contributed by atoms with Crippen LogP contribution >= 0.6 is 0 Å². The highest BCUT2D eigenvalue weighted by atomic mass is 14.6. The maximum atomic E-state index is 6.63. The maximum Gasteiger partial charge on any atom is 0.215 e. The molecule has 0 heterocycles. The van der Waals surface area contributed by atoms with Crippen molar-refractivity contribution in [2.24, 2.45) is 5.92 Å². The van der Waals surface area contributed by atoms with Crippen LogP contribution in [0.25, 0.3) is 4.85 Å². The smallest absolute Gasteiger partial charge is 0.215 e. The van der Waals surface area contributed by atoms with Gasteiger partial charge in [0.05, 0.1) is 0 Å². The maximum absolute atomic E-state index is 6.63. The van der Waals surface area contributed by atoms with Gasteiger partial charge < -0.3 is 4.85 Å². The van der Waals surface area contributed by atoms with Gasteiger partial charge in [-0.2, -0.15) is 0 Å². The summed E-state index contributed by atoms with van der Waals surface area (Å²) < 4.78 is 0. The third-order valence-corrected chi connectivity index (χ3v) is 2.03. The van der Waals surface area contributed by atoms with Gasteiger partial charge in [0, 0.05) is 6.42 Å². The average Bonchev–Trinajstić information content (AvgIpc) is 2.03. The molecule has 0 aliphatic heterocycles. The van der Waals surface area contributed by atoms with Crippen molar-refractivity contribution in [3.63, 3.8) is 0 Å². The second-order valence-electron chi connectivity index (χ2n) is 2.82. The van der Waals surface area contributed by atoms with E-state index in [4.69, 9.17) is 6.57 Å². The minimum atomic E-state index is 0.721. The lowest BCUT2D eigenvalue weighted by molar-refractivity contribution is 0.461. The zero-order chi connectivity index (χ0) is 7.23. The Balaban J connectivity index is 2.17. The van der Waals surface area contributed by atoms with Crippen LogP contribution in [0.15, 0.2) is 12.2 Å². The molecular formula is C9H13N. The zero-order valence-electron chi connectivity index (χ0n) is 6.21. The Labute approximate surface area is 62.6 Å². The molecule has 0 aromatic heterocycles. The van der Waals surface area contributed by atoms with Crippen molar-refractivity contribution in [1.82, 2.24) is 0 Å². The first kappa shape index (κ1) is 7.34. The summed E-state index contributed by atoms with van der Waals surface area (Å²) in [7, 11) is 0. The summed E-state index contributed by atoms with van der Waals surface area (Å²) in [5.41, 5.74) is 0. The lowest BCUT2D eigenvalue weighted by Gasteiger charge is -2.13. The van der Waals surface area contributed by atoms with E-state index in [0.717, 1.165) is 18.9 Å². The Morgan fingerprint density at radius 1 is 1.50 bits per heavy atom. The third kappa shape index (κ3) is 2.23. The zero-order valence-corrected chi connectivity index (χ0v) is 6.21.